The number of anilines is 1. The van der Waals surface area contributed by atoms with Gasteiger partial charge in [0.2, 0.25) is 5.75 Å². The van der Waals surface area contributed by atoms with Gasteiger partial charge in [-0.15, -0.1) is 0 Å². The van der Waals surface area contributed by atoms with Crippen LogP contribution in [0.3, 0.4) is 0 Å². The van der Waals surface area contributed by atoms with E-state index in [0.29, 0.717) is 27.9 Å². The summed E-state index contributed by atoms with van der Waals surface area (Å²) in [5, 5.41) is 3.45. The molecule has 0 radical (unpaired) electrons. The van der Waals surface area contributed by atoms with Crippen molar-refractivity contribution in [3.63, 3.8) is 0 Å². The second kappa shape index (κ2) is 9.97. The van der Waals surface area contributed by atoms with E-state index in [1.165, 1.54) is 43.8 Å². The summed E-state index contributed by atoms with van der Waals surface area (Å²) >= 11 is 1.44. The summed E-state index contributed by atoms with van der Waals surface area (Å²) in [6.45, 7) is 4.18. The van der Waals surface area contributed by atoms with Gasteiger partial charge in [0.15, 0.2) is 16.6 Å². The monoisotopic (exact) mass is 474 g/mol. The molecule has 0 saturated heterocycles. The van der Waals surface area contributed by atoms with Gasteiger partial charge in [-0.2, -0.15) is 0 Å². The molecular formula is C27H26N2O4S. The minimum atomic E-state index is -0.320. The molecule has 0 atom stereocenters. The molecule has 4 rings (SSSR count). The number of nitrogens with one attached hydrogen (secondary N) is 1. The van der Waals surface area contributed by atoms with Gasteiger partial charge < -0.3 is 14.2 Å². The number of benzene rings is 3. The number of amides is 1. The van der Waals surface area contributed by atoms with E-state index in [1.807, 2.05) is 30.3 Å². The van der Waals surface area contributed by atoms with E-state index in [4.69, 9.17) is 19.2 Å². The van der Waals surface area contributed by atoms with Gasteiger partial charge in [0.05, 0.1) is 31.9 Å². The van der Waals surface area contributed by atoms with E-state index in [0.717, 1.165) is 21.7 Å². The molecule has 0 saturated carbocycles. The molecule has 4 aromatic rings. The summed E-state index contributed by atoms with van der Waals surface area (Å²) in [5.41, 5.74) is 5.68. The van der Waals surface area contributed by atoms with Crippen LogP contribution in [-0.2, 0) is 0 Å². The van der Waals surface area contributed by atoms with Crippen LogP contribution < -0.4 is 19.5 Å². The van der Waals surface area contributed by atoms with Gasteiger partial charge in [-0.1, -0.05) is 59.9 Å². The maximum Gasteiger partial charge on any atom is 0.257 e. The zero-order chi connectivity index (χ0) is 24.2. The van der Waals surface area contributed by atoms with Gasteiger partial charge >= 0.3 is 0 Å². The summed E-state index contributed by atoms with van der Waals surface area (Å²) in [6, 6.07) is 19.5. The number of carbonyl (C=O) groups excluding carboxylic acids is 1. The predicted molar refractivity (Wildman–Crippen MR) is 137 cm³/mol. The molecule has 7 heteroatoms. The second-order valence-electron chi connectivity index (χ2n) is 7.73. The number of ether oxygens (including phenoxy) is 3. The Morgan fingerprint density at radius 3 is 2.09 bits per heavy atom. The SMILES string of the molecule is COc1cc(C(=O)Nc2nc(-c3ccccc3)c(-c3ccc(C)c(C)c3)s2)cc(OC)c1OC. The molecule has 0 fully saturated rings. The molecule has 1 N–H and O–H groups in total. The van der Waals surface area contributed by atoms with Crippen molar-refractivity contribution in [2.75, 3.05) is 26.6 Å². The Bertz CT molecular complexity index is 1310. The highest BCUT2D eigenvalue weighted by atomic mass is 32.1. The number of methoxy groups -OCH3 is 3. The van der Waals surface area contributed by atoms with Gasteiger partial charge in [-0.25, -0.2) is 4.98 Å². The molecule has 1 amide bonds. The first-order chi connectivity index (χ1) is 16.4. The third-order valence-electron chi connectivity index (χ3n) is 5.59. The van der Waals surface area contributed by atoms with E-state index in [1.54, 1.807) is 12.1 Å². The van der Waals surface area contributed by atoms with Crippen LogP contribution >= 0.6 is 11.3 Å². The van der Waals surface area contributed by atoms with Gasteiger partial charge in [-0.3, -0.25) is 10.1 Å². The molecule has 0 aliphatic carbocycles. The van der Waals surface area contributed by atoms with E-state index < -0.39 is 0 Å². The van der Waals surface area contributed by atoms with Crippen molar-refractivity contribution >= 4 is 22.4 Å². The number of thiazole rings is 1. The second-order valence-corrected chi connectivity index (χ2v) is 8.73. The number of aromatic nitrogens is 1. The Labute approximate surface area is 203 Å². The molecule has 1 heterocycles. The Morgan fingerprint density at radius 2 is 1.50 bits per heavy atom. The Kier molecular flexibility index (Phi) is 6.84. The van der Waals surface area contributed by atoms with Crippen molar-refractivity contribution in [1.82, 2.24) is 4.98 Å². The standard InChI is InChI=1S/C27H26N2O4S/c1-16-11-12-19(13-17(16)2)25-23(18-9-7-6-8-10-18)28-27(34-25)29-26(30)20-14-21(31-3)24(33-5)22(15-20)32-4/h6-15H,1-5H3,(H,28,29,30). The third-order valence-corrected chi connectivity index (χ3v) is 6.61. The van der Waals surface area contributed by atoms with Crippen LogP contribution in [-0.4, -0.2) is 32.2 Å². The normalized spacial score (nSPS) is 10.6. The maximum atomic E-state index is 13.1. The smallest absolute Gasteiger partial charge is 0.257 e. The van der Waals surface area contributed by atoms with Crippen molar-refractivity contribution in [2.45, 2.75) is 13.8 Å². The first-order valence-corrected chi connectivity index (χ1v) is 11.5. The molecular weight excluding hydrogens is 448 g/mol. The minimum absolute atomic E-state index is 0.320. The topological polar surface area (TPSA) is 69.7 Å². The Morgan fingerprint density at radius 1 is 0.824 bits per heavy atom. The summed E-state index contributed by atoms with van der Waals surface area (Å²) in [6.07, 6.45) is 0. The van der Waals surface area contributed by atoms with Crippen LogP contribution in [0.5, 0.6) is 17.2 Å². The van der Waals surface area contributed by atoms with Crippen molar-refractivity contribution in [2.24, 2.45) is 0 Å². The van der Waals surface area contributed by atoms with Crippen LogP contribution in [0.15, 0.2) is 60.7 Å². The molecule has 0 spiro atoms. The molecule has 34 heavy (non-hydrogen) atoms. The molecule has 0 aliphatic rings. The van der Waals surface area contributed by atoms with Crippen LogP contribution in [0.25, 0.3) is 21.7 Å². The number of aryl methyl sites for hydroxylation is 2. The summed E-state index contributed by atoms with van der Waals surface area (Å²) in [5.74, 6) is 0.928. The fourth-order valence-corrected chi connectivity index (χ4v) is 4.60. The van der Waals surface area contributed by atoms with Crippen molar-refractivity contribution in [1.29, 1.82) is 0 Å². The molecule has 1 aromatic heterocycles. The molecule has 174 valence electrons. The van der Waals surface area contributed by atoms with E-state index in [2.05, 4.69) is 37.4 Å². The van der Waals surface area contributed by atoms with Crippen molar-refractivity contribution in [3.05, 3.63) is 77.4 Å². The molecule has 6 nitrogen and oxygen atoms in total. The number of hydrogen-bond donors (Lipinski definition) is 1. The molecule has 0 aliphatic heterocycles. The third kappa shape index (κ3) is 4.61. The molecule has 3 aromatic carbocycles. The number of nitrogens with zero attached hydrogens (tertiary/aromatic N) is 1. The molecule has 0 bridgehead atoms. The lowest BCUT2D eigenvalue weighted by Gasteiger charge is -2.13. The maximum absolute atomic E-state index is 13.1. The lowest BCUT2D eigenvalue weighted by atomic mass is 10.0. The highest BCUT2D eigenvalue weighted by molar-refractivity contribution is 7.19. The van der Waals surface area contributed by atoms with Crippen molar-refractivity contribution < 1.29 is 19.0 Å². The van der Waals surface area contributed by atoms with Crippen LogP contribution in [0.4, 0.5) is 5.13 Å². The van der Waals surface area contributed by atoms with Gasteiger partial charge in [0, 0.05) is 11.1 Å². The van der Waals surface area contributed by atoms with Crippen LogP contribution in [0.2, 0.25) is 0 Å². The number of carbonyl (C=O) groups is 1. The first-order valence-electron chi connectivity index (χ1n) is 10.7. The number of hydrogen-bond acceptors (Lipinski definition) is 6. The largest absolute Gasteiger partial charge is 0.493 e. The zero-order valence-corrected chi connectivity index (χ0v) is 20.6. The fourth-order valence-electron chi connectivity index (χ4n) is 3.63. The lowest BCUT2D eigenvalue weighted by molar-refractivity contribution is 0.102. The summed E-state index contributed by atoms with van der Waals surface area (Å²) in [7, 11) is 4.55. The Hall–Kier alpha value is -3.84. The van der Waals surface area contributed by atoms with E-state index >= 15 is 0 Å². The van der Waals surface area contributed by atoms with E-state index in [-0.39, 0.29) is 5.91 Å². The van der Waals surface area contributed by atoms with Crippen LogP contribution in [0, 0.1) is 13.8 Å². The lowest BCUT2D eigenvalue weighted by Crippen LogP contribution is -2.12. The average Bonchev–Trinajstić information content (AvgIpc) is 3.28. The predicted octanol–water partition coefficient (Wildman–Crippen LogP) is 6.37. The summed E-state index contributed by atoms with van der Waals surface area (Å²) < 4.78 is 16.1. The van der Waals surface area contributed by atoms with Crippen LogP contribution in [0.1, 0.15) is 21.5 Å². The fraction of sp³-hybridized carbons (Fsp3) is 0.185. The van der Waals surface area contributed by atoms with Gasteiger partial charge in [0.25, 0.3) is 5.91 Å². The minimum Gasteiger partial charge on any atom is -0.493 e. The average molecular weight is 475 g/mol. The highest BCUT2D eigenvalue weighted by Gasteiger charge is 2.20. The van der Waals surface area contributed by atoms with Crippen molar-refractivity contribution in [3.8, 4) is 38.9 Å². The zero-order valence-electron chi connectivity index (χ0n) is 19.8. The molecule has 0 unspecified atom stereocenters. The van der Waals surface area contributed by atoms with Gasteiger partial charge in [-0.05, 0) is 42.7 Å². The summed E-state index contributed by atoms with van der Waals surface area (Å²) in [4.78, 5) is 18.9. The Balaban J connectivity index is 1.74. The quantitative estimate of drug-likeness (QED) is 0.337. The van der Waals surface area contributed by atoms with Gasteiger partial charge in [0.1, 0.15) is 0 Å². The first kappa shape index (κ1) is 23.3. The number of rotatable bonds is 7. The highest BCUT2D eigenvalue weighted by Crippen LogP contribution is 2.41. The van der Waals surface area contributed by atoms with E-state index in [9.17, 15) is 4.79 Å².